The van der Waals surface area contributed by atoms with Gasteiger partial charge in [-0.1, -0.05) is 24.1 Å². The fourth-order valence-corrected chi connectivity index (χ4v) is 5.84. The summed E-state index contributed by atoms with van der Waals surface area (Å²) in [5.74, 6) is -1.73. The van der Waals surface area contributed by atoms with Crippen LogP contribution in [0.5, 0.6) is 0 Å². The number of carboxylic acids is 1. The molecule has 0 bridgehead atoms. The molecule has 178 valence electrons. The van der Waals surface area contributed by atoms with Crippen LogP contribution in [0.25, 0.3) is 0 Å². The molecule has 0 radical (unpaired) electrons. The number of anilines is 1. The maximum atomic E-state index is 13.7. The number of aliphatic carboxylic acids is 1. The van der Waals surface area contributed by atoms with E-state index in [1.54, 1.807) is 17.0 Å². The van der Waals surface area contributed by atoms with E-state index in [0.717, 1.165) is 37.7 Å². The zero-order valence-electron chi connectivity index (χ0n) is 18.6. The number of carboxylic acid groups (broad SMARTS) is 1. The van der Waals surface area contributed by atoms with Crippen molar-refractivity contribution in [3.8, 4) is 0 Å². The number of halogens is 2. The van der Waals surface area contributed by atoms with E-state index in [0.29, 0.717) is 16.3 Å². The van der Waals surface area contributed by atoms with Gasteiger partial charge < -0.3 is 14.9 Å². The lowest BCUT2D eigenvalue weighted by Crippen LogP contribution is -2.53. The van der Waals surface area contributed by atoms with E-state index < -0.39 is 11.8 Å². The van der Waals surface area contributed by atoms with Crippen LogP contribution in [0, 0.1) is 11.7 Å². The van der Waals surface area contributed by atoms with Crippen molar-refractivity contribution >= 4 is 35.1 Å². The highest BCUT2D eigenvalue weighted by atomic mass is 35.5. The van der Waals surface area contributed by atoms with Crippen molar-refractivity contribution in [1.82, 2.24) is 4.90 Å². The van der Waals surface area contributed by atoms with Gasteiger partial charge in [0.1, 0.15) is 5.82 Å². The average molecular weight is 485 g/mol. The molecule has 0 saturated heterocycles. The molecule has 34 heavy (non-hydrogen) atoms. The number of nitrogens with zero attached hydrogens (tertiary/aromatic N) is 2. The minimum atomic E-state index is -0.991. The van der Waals surface area contributed by atoms with Crippen LogP contribution in [0.4, 0.5) is 10.1 Å². The largest absolute Gasteiger partial charge is 0.481 e. The fraction of sp³-hybridized carbons (Fsp3) is 0.423. The van der Waals surface area contributed by atoms with Crippen molar-refractivity contribution < 1.29 is 23.9 Å². The number of carbonyl (C=O) groups excluding carboxylic acids is 2. The molecule has 2 aromatic rings. The number of amides is 2. The molecule has 1 heterocycles. The Morgan fingerprint density at radius 2 is 1.76 bits per heavy atom. The lowest BCUT2D eigenvalue weighted by atomic mass is 9.81. The van der Waals surface area contributed by atoms with E-state index in [1.165, 1.54) is 24.3 Å². The van der Waals surface area contributed by atoms with Crippen LogP contribution in [-0.2, 0) is 9.59 Å². The second kappa shape index (κ2) is 9.02. The smallest absolute Gasteiger partial charge is 0.303 e. The van der Waals surface area contributed by atoms with Crippen molar-refractivity contribution in [3.05, 3.63) is 64.4 Å². The molecular formula is C26H26ClFN2O4. The quantitative estimate of drug-likeness (QED) is 0.611. The first-order valence-corrected chi connectivity index (χ1v) is 12.1. The first-order valence-electron chi connectivity index (χ1n) is 11.8. The van der Waals surface area contributed by atoms with Crippen molar-refractivity contribution in [3.63, 3.8) is 0 Å². The molecule has 5 rings (SSSR count). The van der Waals surface area contributed by atoms with E-state index in [2.05, 4.69) is 0 Å². The van der Waals surface area contributed by atoms with Gasteiger partial charge in [-0.15, -0.1) is 0 Å². The van der Waals surface area contributed by atoms with Gasteiger partial charge in [0.2, 0.25) is 5.91 Å². The van der Waals surface area contributed by atoms with Crippen molar-refractivity contribution in [2.24, 2.45) is 5.92 Å². The lowest BCUT2D eigenvalue weighted by Gasteiger charge is -2.48. The maximum Gasteiger partial charge on any atom is 0.303 e. The van der Waals surface area contributed by atoms with Crippen LogP contribution < -0.4 is 4.90 Å². The van der Waals surface area contributed by atoms with Crippen LogP contribution >= 0.6 is 11.6 Å². The van der Waals surface area contributed by atoms with Gasteiger partial charge in [0.15, 0.2) is 0 Å². The van der Waals surface area contributed by atoms with Gasteiger partial charge in [-0.25, -0.2) is 4.39 Å². The Morgan fingerprint density at radius 1 is 1.03 bits per heavy atom. The van der Waals surface area contributed by atoms with Crippen molar-refractivity contribution in [2.45, 2.75) is 63.1 Å². The summed E-state index contributed by atoms with van der Waals surface area (Å²) in [5, 5.41) is 9.60. The molecule has 2 saturated carbocycles. The Balaban J connectivity index is 1.58. The molecule has 3 unspecified atom stereocenters. The maximum absolute atomic E-state index is 13.7. The number of hydrogen-bond acceptors (Lipinski definition) is 3. The van der Waals surface area contributed by atoms with Gasteiger partial charge >= 0.3 is 5.97 Å². The fourth-order valence-electron chi connectivity index (χ4n) is 5.67. The predicted molar refractivity (Wildman–Crippen MR) is 125 cm³/mol. The monoisotopic (exact) mass is 484 g/mol. The molecule has 1 aliphatic heterocycles. The lowest BCUT2D eigenvalue weighted by molar-refractivity contribution is -0.142. The molecule has 1 N–H and O–H groups in total. The molecular weight excluding hydrogens is 459 g/mol. The summed E-state index contributed by atoms with van der Waals surface area (Å²) in [5.41, 5.74) is 1.93. The first kappa shape index (κ1) is 22.8. The molecule has 8 heteroatoms. The minimum absolute atomic E-state index is 0.0347. The third-order valence-corrected chi connectivity index (χ3v) is 7.47. The summed E-state index contributed by atoms with van der Waals surface area (Å²) in [6.07, 6.45) is 4.12. The summed E-state index contributed by atoms with van der Waals surface area (Å²) in [6.45, 7) is 0. The number of hydrogen-bond donors (Lipinski definition) is 1. The second-order valence-electron chi connectivity index (χ2n) is 9.42. The molecule has 0 aromatic heterocycles. The van der Waals surface area contributed by atoms with Crippen LogP contribution in [0.15, 0.2) is 42.5 Å². The van der Waals surface area contributed by atoms with Crippen LogP contribution in [-0.4, -0.2) is 39.9 Å². The van der Waals surface area contributed by atoms with E-state index >= 15 is 0 Å². The van der Waals surface area contributed by atoms with Gasteiger partial charge in [-0.2, -0.15) is 0 Å². The van der Waals surface area contributed by atoms with Gasteiger partial charge in [0.05, 0.1) is 18.2 Å². The van der Waals surface area contributed by atoms with Crippen molar-refractivity contribution in [2.75, 3.05) is 4.90 Å². The molecule has 0 spiro atoms. The summed E-state index contributed by atoms with van der Waals surface area (Å²) in [4.78, 5) is 41.8. The molecule has 2 aliphatic carbocycles. The molecule has 6 nitrogen and oxygen atoms in total. The SMILES string of the molecule is O=C(O)CCC(=O)N(C1CC1)C1c2ccc(Cl)cc2N(C(=O)c2ccc(F)cc2)C2CCCC21. The van der Waals surface area contributed by atoms with Gasteiger partial charge in [-0.3, -0.25) is 14.4 Å². The summed E-state index contributed by atoms with van der Waals surface area (Å²) in [7, 11) is 0. The Hall–Kier alpha value is -2.93. The Labute approximate surface area is 202 Å². The van der Waals surface area contributed by atoms with E-state index in [1.807, 2.05) is 11.0 Å². The van der Waals surface area contributed by atoms with Gasteiger partial charge in [0, 0.05) is 35.0 Å². The summed E-state index contributed by atoms with van der Waals surface area (Å²) >= 11 is 6.37. The highest BCUT2D eigenvalue weighted by Gasteiger charge is 2.51. The molecule has 2 amide bonds. The second-order valence-corrected chi connectivity index (χ2v) is 9.85. The number of benzene rings is 2. The van der Waals surface area contributed by atoms with Gasteiger partial charge in [-0.05, 0) is 67.6 Å². The topological polar surface area (TPSA) is 77.9 Å². The van der Waals surface area contributed by atoms with E-state index in [4.69, 9.17) is 16.7 Å². The average Bonchev–Trinajstić information content (AvgIpc) is 3.53. The number of rotatable bonds is 6. The summed E-state index contributed by atoms with van der Waals surface area (Å²) < 4.78 is 13.5. The molecule has 3 aliphatic rings. The third-order valence-electron chi connectivity index (χ3n) is 7.23. The Morgan fingerprint density at radius 3 is 2.44 bits per heavy atom. The van der Waals surface area contributed by atoms with E-state index in [9.17, 15) is 18.8 Å². The highest BCUT2D eigenvalue weighted by molar-refractivity contribution is 6.31. The Bertz CT molecular complexity index is 1130. The zero-order valence-corrected chi connectivity index (χ0v) is 19.4. The standard InChI is InChI=1S/C26H26ClFN2O4/c27-16-6-11-20-22(14-16)30(26(34)15-4-7-17(28)8-5-15)21-3-1-2-19(21)25(20)29(18-9-10-18)23(31)12-13-24(32)33/h4-8,11,14,18-19,21,25H,1-3,9-10,12-13H2,(H,32,33). The first-order chi connectivity index (χ1) is 16.3. The van der Waals surface area contributed by atoms with Gasteiger partial charge in [0.25, 0.3) is 5.91 Å². The third kappa shape index (κ3) is 4.17. The predicted octanol–water partition coefficient (Wildman–Crippen LogP) is 5.21. The molecule has 2 aromatic carbocycles. The molecule has 2 fully saturated rings. The Kier molecular flexibility index (Phi) is 6.06. The van der Waals surface area contributed by atoms with Crippen LogP contribution in [0.1, 0.15) is 66.9 Å². The van der Waals surface area contributed by atoms with Crippen LogP contribution in [0.2, 0.25) is 5.02 Å². The number of fused-ring (bicyclic) bond motifs is 2. The minimum Gasteiger partial charge on any atom is -0.481 e. The normalized spacial score (nSPS) is 23.2. The molecule has 3 atom stereocenters. The van der Waals surface area contributed by atoms with E-state index in [-0.39, 0.29) is 48.7 Å². The van der Waals surface area contributed by atoms with Crippen LogP contribution in [0.3, 0.4) is 0 Å². The zero-order chi connectivity index (χ0) is 24.0. The number of carbonyl (C=O) groups is 3. The van der Waals surface area contributed by atoms with Crippen molar-refractivity contribution in [1.29, 1.82) is 0 Å². The highest BCUT2D eigenvalue weighted by Crippen LogP contribution is 2.53. The summed E-state index contributed by atoms with van der Waals surface area (Å²) in [6, 6.07) is 10.7.